The summed E-state index contributed by atoms with van der Waals surface area (Å²) in [5.74, 6) is 1.54. The van der Waals surface area contributed by atoms with Gasteiger partial charge in [-0.2, -0.15) is 0 Å². The van der Waals surface area contributed by atoms with Crippen molar-refractivity contribution >= 4 is 15.9 Å². The minimum absolute atomic E-state index is 0.526. The number of benzene rings is 2. The summed E-state index contributed by atoms with van der Waals surface area (Å²) in [4.78, 5) is 0. The van der Waals surface area contributed by atoms with Crippen molar-refractivity contribution in [3.05, 3.63) is 57.6 Å². The lowest BCUT2D eigenvalue weighted by Gasteiger charge is -2.16. The van der Waals surface area contributed by atoms with Gasteiger partial charge in [0.15, 0.2) is 11.5 Å². The van der Waals surface area contributed by atoms with Crippen LogP contribution in [0, 0.1) is 6.92 Å². The first-order chi connectivity index (χ1) is 11.2. The monoisotopic (exact) mass is 377 g/mol. The molecule has 0 saturated carbocycles. The Morgan fingerprint density at radius 2 is 1.87 bits per heavy atom. The van der Waals surface area contributed by atoms with Gasteiger partial charge in [0.2, 0.25) is 0 Å². The SMILES string of the molecule is CCNCc1cc(Br)c(OCc2ccccc2C)c(OCC)c1. The van der Waals surface area contributed by atoms with E-state index in [2.05, 4.69) is 53.3 Å². The van der Waals surface area contributed by atoms with Gasteiger partial charge in [-0.3, -0.25) is 0 Å². The zero-order valence-electron chi connectivity index (χ0n) is 14.0. The van der Waals surface area contributed by atoms with E-state index in [1.54, 1.807) is 0 Å². The van der Waals surface area contributed by atoms with Gasteiger partial charge in [-0.05, 0) is 65.1 Å². The van der Waals surface area contributed by atoms with Crippen LogP contribution in [-0.2, 0) is 13.2 Å². The molecule has 0 atom stereocenters. The van der Waals surface area contributed by atoms with Crippen molar-refractivity contribution in [3.63, 3.8) is 0 Å². The Labute approximate surface area is 147 Å². The summed E-state index contributed by atoms with van der Waals surface area (Å²) in [7, 11) is 0. The summed E-state index contributed by atoms with van der Waals surface area (Å²) >= 11 is 3.62. The van der Waals surface area contributed by atoms with Crippen molar-refractivity contribution in [1.29, 1.82) is 0 Å². The molecule has 0 fully saturated rings. The van der Waals surface area contributed by atoms with Crippen LogP contribution in [0.1, 0.15) is 30.5 Å². The molecule has 23 heavy (non-hydrogen) atoms. The van der Waals surface area contributed by atoms with Gasteiger partial charge in [0.25, 0.3) is 0 Å². The van der Waals surface area contributed by atoms with Gasteiger partial charge in [-0.25, -0.2) is 0 Å². The Morgan fingerprint density at radius 1 is 1.09 bits per heavy atom. The van der Waals surface area contributed by atoms with Crippen molar-refractivity contribution in [2.75, 3.05) is 13.2 Å². The highest BCUT2D eigenvalue weighted by Crippen LogP contribution is 2.37. The molecule has 0 spiro atoms. The predicted octanol–water partition coefficient (Wildman–Crippen LogP) is 4.84. The predicted molar refractivity (Wildman–Crippen MR) is 98.2 cm³/mol. The number of hydrogen-bond acceptors (Lipinski definition) is 3. The highest BCUT2D eigenvalue weighted by Gasteiger charge is 2.13. The minimum Gasteiger partial charge on any atom is -0.490 e. The largest absolute Gasteiger partial charge is 0.490 e. The highest BCUT2D eigenvalue weighted by atomic mass is 79.9. The van der Waals surface area contributed by atoms with E-state index in [0.29, 0.717) is 13.2 Å². The fourth-order valence-electron chi connectivity index (χ4n) is 2.32. The smallest absolute Gasteiger partial charge is 0.175 e. The Kier molecular flexibility index (Phi) is 6.93. The Balaban J connectivity index is 2.20. The number of nitrogens with one attached hydrogen (secondary N) is 1. The third-order valence-electron chi connectivity index (χ3n) is 3.58. The Hall–Kier alpha value is -1.52. The standard InChI is InChI=1S/C19H24BrNO2/c1-4-21-12-15-10-17(20)19(18(11-15)22-5-2)23-13-16-9-7-6-8-14(16)3/h6-11,21H,4-5,12-13H2,1-3H3. The first kappa shape index (κ1) is 17.8. The number of aryl methyl sites for hydroxylation is 1. The molecule has 0 saturated heterocycles. The van der Waals surface area contributed by atoms with Crippen LogP contribution in [0.4, 0.5) is 0 Å². The van der Waals surface area contributed by atoms with E-state index in [4.69, 9.17) is 9.47 Å². The Morgan fingerprint density at radius 3 is 2.57 bits per heavy atom. The molecular weight excluding hydrogens is 354 g/mol. The van der Waals surface area contributed by atoms with Gasteiger partial charge in [-0.15, -0.1) is 0 Å². The molecule has 0 heterocycles. The number of rotatable bonds is 8. The van der Waals surface area contributed by atoms with Crippen LogP contribution in [0.5, 0.6) is 11.5 Å². The molecule has 3 nitrogen and oxygen atoms in total. The van der Waals surface area contributed by atoms with Gasteiger partial charge < -0.3 is 14.8 Å². The summed E-state index contributed by atoms with van der Waals surface area (Å²) in [6.45, 7) is 9.06. The molecule has 1 N–H and O–H groups in total. The molecule has 0 radical (unpaired) electrons. The van der Waals surface area contributed by atoms with Gasteiger partial charge >= 0.3 is 0 Å². The topological polar surface area (TPSA) is 30.5 Å². The van der Waals surface area contributed by atoms with Crippen molar-refractivity contribution in [2.45, 2.75) is 33.9 Å². The van der Waals surface area contributed by atoms with Crippen molar-refractivity contribution < 1.29 is 9.47 Å². The summed E-state index contributed by atoms with van der Waals surface area (Å²) in [6, 6.07) is 12.4. The summed E-state index contributed by atoms with van der Waals surface area (Å²) in [5, 5.41) is 3.33. The van der Waals surface area contributed by atoms with E-state index in [9.17, 15) is 0 Å². The number of hydrogen-bond donors (Lipinski definition) is 1. The molecule has 0 amide bonds. The summed E-state index contributed by atoms with van der Waals surface area (Å²) < 4.78 is 12.8. The zero-order chi connectivity index (χ0) is 16.7. The second-order valence-electron chi connectivity index (χ2n) is 5.33. The molecular formula is C19H24BrNO2. The molecule has 0 aliphatic heterocycles. The van der Waals surface area contributed by atoms with Crippen molar-refractivity contribution in [3.8, 4) is 11.5 Å². The van der Waals surface area contributed by atoms with Crippen LogP contribution in [0.2, 0.25) is 0 Å². The van der Waals surface area contributed by atoms with E-state index in [1.165, 1.54) is 16.7 Å². The first-order valence-electron chi connectivity index (χ1n) is 7.99. The fraction of sp³-hybridized carbons (Fsp3) is 0.368. The van der Waals surface area contributed by atoms with Crippen LogP contribution < -0.4 is 14.8 Å². The van der Waals surface area contributed by atoms with Gasteiger partial charge in [0, 0.05) is 6.54 Å². The molecule has 2 aromatic rings. The van der Waals surface area contributed by atoms with Crippen molar-refractivity contribution in [1.82, 2.24) is 5.32 Å². The quantitative estimate of drug-likeness (QED) is 0.713. The van der Waals surface area contributed by atoms with E-state index < -0.39 is 0 Å². The summed E-state index contributed by atoms with van der Waals surface area (Å²) in [5.41, 5.74) is 3.58. The van der Waals surface area contributed by atoms with Crippen molar-refractivity contribution in [2.24, 2.45) is 0 Å². The van der Waals surface area contributed by atoms with Crippen LogP contribution >= 0.6 is 15.9 Å². The van der Waals surface area contributed by atoms with Gasteiger partial charge in [-0.1, -0.05) is 31.2 Å². The highest BCUT2D eigenvalue weighted by molar-refractivity contribution is 9.10. The van der Waals surface area contributed by atoms with Gasteiger partial charge in [0.1, 0.15) is 6.61 Å². The van der Waals surface area contributed by atoms with Gasteiger partial charge in [0.05, 0.1) is 11.1 Å². The van der Waals surface area contributed by atoms with Crippen LogP contribution in [0.25, 0.3) is 0 Å². The molecule has 0 aliphatic carbocycles. The average Bonchev–Trinajstić information content (AvgIpc) is 2.54. The van der Waals surface area contributed by atoms with E-state index >= 15 is 0 Å². The number of ether oxygens (including phenoxy) is 2. The fourth-order valence-corrected chi connectivity index (χ4v) is 2.92. The molecule has 124 valence electrons. The lowest BCUT2D eigenvalue weighted by Crippen LogP contribution is -2.12. The maximum atomic E-state index is 6.05. The van der Waals surface area contributed by atoms with E-state index in [1.807, 2.05) is 25.1 Å². The summed E-state index contributed by atoms with van der Waals surface area (Å²) in [6.07, 6.45) is 0. The molecule has 0 unspecified atom stereocenters. The van der Waals surface area contributed by atoms with Crippen LogP contribution in [-0.4, -0.2) is 13.2 Å². The average molecular weight is 378 g/mol. The molecule has 0 aliphatic rings. The maximum absolute atomic E-state index is 6.05. The molecule has 2 rings (SSSR count). The third kappa shape index (κ3) is 4.98. The molecule has 0 aromatic heterocycles. The molecule has 4 heteroatoms. The lowest BCUT2D eigenvalue weighted by atomic mass is 10.1. The normalized spacial score (nSPS) is 10.6. The second-order valence-corrected chi connectivity index (χ2v) is 6.19. The van der Waals surface area contributed by atoms with E-state index in [-0.39, 0.29) is 0 Å². The van der Waals surface area contributed by atoms with Crippen LogP contribution in [0.15, 0.2) is 40.9 Å². The number of halogens is 1. The minimum atomic E-state index is 0.526. The second kappa shape index (κ2) is 8.94. The lowest BCUT2D eigenvalue weighted by molar-refractivity contribution is 0.267. The maximum Gasteiger partial charge on any atom is 0.175 e. The van der Waals surface area contributed by atoms with E-state index in [0.717, 1.165) is 29.1 Å². The Bertz CT molecular complexity index is 643. The third-order valence-corrected chi connectivity index (χ3v) is 4.17. The van der Waals surface area contributed by atoms with Crippen LogP contribution in [0.3, 0.4) is 0 Å². The zero-order valence-corrected chi connectivity index (χ0v) is 15.6. The molecule has 0 bridgehead atoms. The molecule has 2 aromatic carbocycles. The first-order valence-corrected chi connectivity index (χ1v) is 8.78.